The highest BCUT2D eigenvalue weighted by molar-refractivity contribution is 7.94. The van der Waals surface area contributed by atoms with Gasteiger partial charge in [-0.3, -0.25) is 14.0 Å². The number of para-hydroxylation sites is 1. The lowest BCUT2D eigenvalue weighted by Crippen LogP contribution is -2.37. The average Bonchev–Trinajstić information content (AvgIpc) is 3.81. The summed E-state index contributed by atoms with van der Waals surface area (Å²) in [7, 11) is -3.77. The molecular formula is C30H35F3N4O7S3. The lowest BCUT2D eigenvalue weighted by Gasteiger charge is -2.29. The van der Waals surface area contributed by atoms with Crippen molar-refractivity contribution in [3.63, 3.8) is 0 Å². The first kappa shape index (κ1) is 36.3. The van der Waals surface area contributed by atoms with Gasteiger partial charge in [0, 0.05) is 36.2 Å². The van der Waals surface area contributed by atoms with E-state index in [4.69, 9.17) is 4.74 Å². The van der Waals surface area contributed by atoms with Gasteiger partial charge in [-0.2, -0.15) is 13.2 Å². The number of nitrogens with zero attached hydrogens (tertiary/aromatic N) is 3. The molecule has 256 valence electrons. The number of carbonyl (C=O) groups excluding carboxylic acids is 1. The van der Waals surface area contributed by atoms with Gasteiger partial charge < -0.3 is 19.6 Å². The maximum atomic E-state index is 13.6. The zero-order valence-corrected chi connectivity index (χ0v) is 28.1. The van der Waals surface area contributed by atoms with Crippen LogP contribution in [0.5, 0.6) is 0 Å². The molecule has 17 heteroatoms. The lowest BCUT2D eigenvalue weighted by molar-refractivity contribution is -0.199. The van der Waals surface area contributed by atoms with E-state index in [1.807, 2.05) is 37.4 Å². The number of hydrogen-bond acceptors (Lipinski definition) is 10. The number of anilines is 1. The third-order valence-corrected chi connectivity index (χ3v) is 11.3. The van der Waals surface area contributed by atoms with E-state index in [1.165, 1.54) is 22.6 Å². The van der Waals surface area contributed by atoms with Crippen LogP contribution in [-0.4, -0.2) is 86.0 Å². The third-order valence-electron chi connectivity index (χ3n) is 7.11. The molecule has 1 atom stereocenters. The Morgan fingerprint density at radius 2 is 1.98 bits per heavy atom. The monoisotopic (exact) mass is 716 g/mol. The Bertz CT molecular complexity index is 1740. The van der Waals surface area contributed by atoms with E-state index >= 15 is 0 Å². The molecule has 1 saturated heterocycles. The number of likely N-dealkylation sites (tertiary alicyclic amines) is 1. The van der Waals surface area contributed by atoms with Crippen LogP contribution in [0.3, 0.4) is 0 Å². The van der Waals surface area contributed by atoms with Crippen LogP contribution in [0.2, 0.25) is 0 Å². The molecule has 47 heavy (non-hydrogen) atoms. The highest BCUT2D eigenvalue weighted by Crippen LogP contribution is 2.36. The first-order chi connectivity index (χ1) is 22.3. The molecule has 0 radical (unpaired) electrons. The largest absolute Gasteiger partial charge is 0.490 e. The van der Waals surface area contributed by atoms with Crippen molar-refractivity contribution in [2.45, 2.75) is 43.6 Å². The average molecular weight is 717 g/mol. The molecule has 1 unspecified atom stereocenters. The molecule has 5 rings (SSSR count). The van der Waals surface area contributed by atoms with Crippen LogP contribution in [0.1, 0.15) is 31.6 Å². The number of thiophene rings is 1. The molecule has 0 aliphatic carbocycles. The minimum absolute atomic E-state index is 0.191. The number of benzene rings is 1. The number of thiazole rings is 1. The van der Waals surface area contributed by atoms with Crippen molar-refractivity contribution in [1.29, 1.82) is 0 Å². The van der Waals surface area contributed by atoms with Gasteiger partial charge in [0.05, 0.1) is 42.6 Å². The highest BCUT2D eigenvalue weighted by atomic mass is 32.2. The molecule has 2 N–H and O–H groups in total. The molecule has 1 aliphatic rings. The van der Waals surface area contributed by atoms with Gasteiger partial charge in [0.2, 0.25) is 0 Å². The van der Waals surface area contributed by atoms with Crippen LogP contribution in [0, 0.1) is 5.92 Å². The second kappa shape index (κ2) is 16.1. The fraction of sp³-hybridized carbons (Fsp3) is 0.433. The number of esters is 1. The van der Waals surface area contributed by atoms with Crippen LogP contribution < -0.4 is 4.31 Å². The second-order valence-corrected chi connectivity index (χ2v) is 14.5. The van der Waals surface area contributed by atoms with Gasteiger partial charge in [-0.15, -0.1) is 22.7 Å². The normalized spacial score (nSPS) is 15.6. The van der Waals surface area contributed by atoms with Gasteiger partial charge in [0.15, 0.2) is 0 Å². The van der Waals surface area contributed by atoms with Crippen molar-refractivity contribution in [3.05, 3.63) is 52.9 Å². The standard InChI is InChI=1S/C26H30N4O5S3.C4H5F3O2/c1-2-35-12-11-30(38(33,34)23-9-5-13-36-23)22-8-3-6-18-14-21(28-24(18)22)25-27-15-20(37-25)17-29-10-4-7-19(16-29)26(31)32;1-2-9-3(8)4(5,6)7/h3,5-6,8-9,13-15,19,28H,2,4,7,10-12,16-17H2,1H3,(H,31,32);2H2,1H3. The number of carbonyl (C=O) groups is 2. The molecular weight excluding hydrogens is 682 g/mol. The summed E-state index contributed by atoms with van der Waals surface area (Å²) in [5, 5.41) is 12.8. The van der Waals surface area contributed by atoms with Crippen LogP contribution >= 0.6 is 22.7 Å². The van der Waals surface area contributed by atoms with E-state index < -0.39 is 28.1 Å². The number of carboxylic acid groups (broad SMARTS) is 1. The summed E-state index contributed by atoms with van der Waals surface area (Å²) in [5.74, 6) is -3.19. The Kier molecular flexibility index (Phi) is 12.4. The minimum atomic E-state index is -4.85. The molecule has 0 bridgehead atoms. The van der Waals surface area contributed by atoms with Gasteiger partial charge in [0.1, 0.15) is 9.22 Å². The predicted molar refractivity (Wildman–Crippen MR) is 173 cm³/mol. The van der Waals surface area contributed by atoms with E-state index in [2.05, 4.69) is 19.6 Å². The number of aromatic amines is 1. The number of hydrogen-bond donors (Lipinski definition) is 2. The lowest BCUT2D eigenvalue weighted by atomic mass is 9.98. The molecule has 1 aliphatic heterocycles. The summed E-state index contributed by atoms with van der Waals surface area (Å²) in [5.41, 5.74) is 2.09. The molecule has 1 aromatic carbocycles. The minimum Gasteiger partial charge on any atom is -0.481 e. The number of fused-ring (bicyclic) bond motifs is 1. The van der Waals surface area contributed by atoms with Crippen LogP contribution in [-0.2, 0) is 35.6 Å². The number of aromatic nitrogens is 2. The molecule has 3 aromatic heterocycles. The van der Waals surface area contributed by atoms with Gasteiger partial charge in [-0.1, -0.05) is 18.2 Å². The van der Waals surface area contributed by atoms with Crippen LogP contribution in [0.25, 0.3) is 21.6 Å². The number of H-pyrrole nitrogens is 1. The molecule has 0 saturated carbocycles. The maximum Gasteiger partial charge on any atom is 0.490 e. The number of ether oxygens (including phenoxy) is 2. The fourth-order valence-electron chi connectivity index (χ4n) is 4.98. The van der Waals surface area contributed by atoms with E-state index in [0.29, 0.717) is 25.4 Å². The second-order valence-electron chi connectivity index (χ2n) is 10.4. The number of halogens is 3. The van der Waals surface area contributed by atoms with Crippen molar-refractivity contribution >= 4 is 61.2 Å². The number of carboxylic acids is 1. The van der Waals surface area contributed by atoms with Crippen molar-refractivity contribution in [1.82, 2.24) is 14.9 Å². The summed E-state index contributed by atoms with van der Waals surface area (Å²) in [6.45, 7) is 6.01. The number of piperidine rings is 1. The zero-order valence-electron chi connectivity index (χ0n) is 25.7. The zero-order chi connectivity index (χ0) is 34.2. The van der Waals surface area contributed by atoms with Crippen molar-refractivity contribution in [2.75, 3.05) is 43.8 Å². The van der Waals surface area contributed by atoms with Gasteiger partial charge in [-0.25, -0.2) is 18.2 Å². The summed E-state index contributed by atoms with van der Waals surface area (Å²) in [6, 6.07) is 11.0. The number of nitrogens with one attached hydrogen (secondary N) is 1. The molecule has 4 heterocycles. The quantitative estimate of drug-likeness (QED) is 0.134. The van der Waals surface area contributed by atoms with Gasteiger partial charge in [-0.05, 0) is 56.8 Å². The number of rotatable bonds is 12. The summed E-state index contributed by atoms with van der Waals surface area (Å²) in [6.07, 6.45) is -1.41. The van der Waals surface area contributed by atoms with Crippen molar-refractivity contribution < 1.29 is 45.8 Å². The topological polar surface area (TPSA) is 142 Å². The SMILES string of the molecule is CCOC(=O)C(F)(F)F.CCOCCN(c1cccc2cc(-c3ncc(CN4CCCC(C(=O)O)C4)s3)[nH]c12)S(=O)(=O)c1cccs1. The molecule has 4 aromatic rings. The first-order valence-electron chi connectivity index (χ1n) is 14.7. The summed E-state index contributed by atoms with van der Waals surface area (Å²) in [4.78, 5) is 32.4. The number of aliphatic carboxylic acids is 1. The smallest absolute Gasteiger partial charge is 0.481 e. The Balaban J connectivity index is 0.000000488. The van der Waals surface area contributed by atoms with Crippen molar-refractivity contribution in [2.24, 2.45) is 5.92 Å². The van der Waals surface area contributed by atoms with Gasteiger partial charge in [0.25, 0.3) is 10.0 Å². The van der Waals surface area contributed by atoms with Crippen LogP contribution in [0.15, 0.2) is 52.2 Å². The molecule has 1 fully saturated rings. The third kappa shape index (κ3) is 9.31. The van der Waals surface area contributed by atoms with Crippen molar-refractivity contribution in [3.8, 4) is 10.7 Å². The number of sulfonamides is 1. The van der Waals surface area contributed by atoms with E-state index in [0.717, 1.165) is 45.9 Å². The molecule has 0 spiro atoms. The molecule has 11 nitrogen and oxygen atoms in total. The predicted octanol–water partition coefficient (Wildman–Crippen LogP) is 5.99. The summed E-state index contributed by atoms with van der Waals surface area (Å²) < 4.78 is 71.5. The molecule has 0 amide bonds. The van der Waals surface area contributed by atoms with Crippen LogP contribution in [0.4, 0.5) is 18.9 Å². The first-order valence-corrected chi connectivity index (χ1v) is 17.9. The number of alkyl halides is 3. The Morgan fingerprint density at radius 1 is 1.19 bits per heavy atom. The Morgan fingerprint density at radius 3 is 2.62 bits per heavy atom. The summed E-state index contributed by atoms with van der Waals surface area (Å²) >= 11 is 2.75. The Labute approximate surface area is 278 Å². The van der Waals surface area contributed by atoms with E-state index in [9.17, 15) is 36.3 Å². The van der Waals surface area contributed by atoms with E-state index in [-0.39, 0.29) is 29.9 Å². The van der Waals surface area contributed by atoms with Gasteiger partial charge >= 0.3 is 18.1 Å². The maximum absolute atomic E-state index is 13.6. The van der Waals surface area contributed by atoms with E-state index in [1.54, 1.807) is 28.8 Å². The highest BCUT2D eigenvalue weighted by Gasteiger charge is 2.40. The Hall–Kier alpha value is -3.51. The fourth-order valence-corrected chi connectivity index (χ4v) is 8.47.